The molecule has 0 aliphatic heterocycles. The van der Waals surface area contributed by atoms with Gasteiger partial charge in [0, 0.05) is 6.54 Å². The van der Waals surface area contributed by atoms with Crippen LogP contribution in [0.2, 0.25) is 0 Å². The lowest BCUT2D eigenvalue weighted by atomic mass is 10.2. The van der Waals surface area contributed by atoms with Crippen LogP contribution in [0, 0.1) is 5.92 Å². The lowest BCUT2D eigenvalue weighted by Gasteiger charge is -2.07. The summed E-state index contributed by atoms with van der Waals surface area (Å²) in [6, 6.07) is -0.570. The molecule has 0 aliphatic carbocycles. The minimum Gasteiger partial charge on any atom is -0.354 e. The average molecular weight is 188 g/mol. The Kier molecular flexibility index (Phi) is 5.62. The zero-order valence-corrected chi connectivity index (χ0v) is 7.89. The lowest BCUT2D eigenvalue weighted by molar-refractivity contribution is -0.120. The molecule has 3 amide bonds. The van der Waals surface area contributed by atoms with Crippen molar-refractivity contribution < 1.29 is 9.59 Å². The van der Waals surface area contributed by atoms with Crippen molar-refractivity contribution >= 4 is 11.9 Å². The number of nitrogens with two attached hydrogens (primary N) is 1. The molecule has 0 heterocycles. The Hall–Kier alpha value is -1.30. The monoisotopic (exact) mass is 188 g/mol. The smallest absolute Gasteiger partial charge is 0.329 e. The quantitative estimate of drug-likeness (QED) is 0.257. The maximum absolute atomic E-state index is 11.0. The van der Waals surface area contributed by atoms with E-state index in [1.807, 2.05) is 19.3 Å². The van der Waals surface area contributed by atoms with Crippen LogP contribution in [0.15, 0.2) is 0 Å². The van der Waals surface area contributed by atoms with Gasteiger partial charge in [0.2, 0.25) is 5.91 Å². The second-order valence-electron chi connectivity index (χ2n) is 3.02. The molecular weight excluding hydrogens is 172 g/mol. The highest BCUT2D eigenvalue weighted by Crippen LogP contribution is 1.85. The minimum atomic E-state index is -0.570. The van der Waals surface area contributed by atoms with Crippen LogP contribution in [-0.2, 0) is 4.79 Å². The predicted octanol–water partition coefficient (Wildman–Crippen LogP) is -1.07. The van der Waals surface area contributed by atoms with Crippen molar-refractivity contribution in [1.82, 2.24) is 16.1 Å². The van der Waals surface area contributed by atoms with Crippen molar-refractivity contribution in [3.63, 3.8) is 0 Å². The summed E-state index contributed by atoms with van der Waals surface area (Å²) in [6.45, 7) is 4.51. The van der Waals surface area contributed by atoms with E-state index in [2.05, 4.69) is 10.6 Å². The Morgan fingerprint density at radius 3 is 2.38 bits per heavy atom. The van der Waals surface area contributed by atoms with Crippen LogP contribution in [-0.4, -0.2) is 25.0 Å². The standard InChI is InChI=1S/C7H16N4O2/c1-5(2)3-9-6(12)4-10-7(13)11-8/h5H,3-4,8H2,1-2H3,(H,9,12)(H2,10,11,13). The highest BCUT2D eigenvalue weighted by atomic mass is 16.2. The molecular formula is C7H16N4O2. The molecule has 0 spiro atoms. The van der Waals surface area contributed by atoms with Crippen molar-refractivity contribution in [2.24, 2.45) is 11.8 Å². The van der Waals surface area contributed by atoms with E-state index in [4.69, 9.17) is 5.84 Å². The van der Waals surface area contributed by atoms with E-state index in [1.165, 1.54) is 0 Å². The van der Waals surface area contributed by atoms with Crippen LogP contribution in [0.3, 0.4) is 0 Å². The molecule has 0 atom stereocenters. The molecule has 0 aromatic heterocycles. The van der Waals surface area contributed by atoms with Gasteiger partial charge in [0.05, 0.1) is 6.54 Å². The van der Waals surface area contributed by atoms with Gasteiger partial charge < -0.3 is 10.6 Å². The summed E-state index contributed by atoms with van der Waals surface area (Å²) in [5.41, 5.74) is 1.86. The summed E-state index contributed by atoms with van der Waals surface area (Å²) in [6.07, 6.45) is 0. The largest absolute Gasteiger partial charge is 0.354 e. The predicted molar refractivity (Wildman–Crippen MR) is 48.6 cm³/mol. The first-order chi connectivity index (χ1) is 6.06. The number of amides is 3. The first kappa shape index (κ1) is 11.7. The van der Waals surface area contributed by atoms with Crippen molar-refractivity contribution in [1.29, 1.82) is 0 Å². The molecule has 76 valence electrons. The Morgan fingerprint density at radius 2 is 1.92 bits per heavy atom. The third-order valence-corrected chi connectivity index (χ3v) is 1.25. The van der Waals surface area contributed by atoms with Gasteiger partial charge in [0.15, 0.2) is 0 Å². The van der Waals surface area contributed by atoms with Crippen LogP contribution in [0.1, 0.15) is 13.8 Å². The van der Waals surface area contributed by atoms with Crippen molar-refractivity contribution in [2.45, 2.75) is 13.8 Å². The fraction of sp³-hybridized carbons (Fsp3) is 0.714. The van der Waals surface area contributed by atoms with Crippen LogP contribution in [0.5, 0.6) is 0 Å². The number of hydrazine groups is 1. The molecule has 13 heavy (non-hydrogen) atoms. The van der Waals surface area contributed by atoms with Gasteiger partial charge >= 0.3 is 6.03 Å². The molecule has 0 bridgehead atoms. The van der Waals surface area contributed by atoms with E-state index in [9.17, 15) is 9.59 Å². The third kappa shape index (κ3) is 7.07. The molecule has 0 aromatic carbocycles. The van der Waals surface area contributed by atoms with Crippen LogP contribution < -0.4 is 21.9 Å². The maximum Gasteiger partial charge on any atom is 0.329 e. The number of hydrogen-bond donors (Lipinski definition) is 4. The van der Waals surface area contributed by atoms with E-state index >= 15 is 0 Å². The zero-order valence-electron chi connectivity index (χ0n) is 7.89. The highest BCUT2D eigenvalue weighted by molar-refractivity contribution is 5.83. The molecule has 0 radical (unpaired) electrons. The SMILES string of the molecule is CC(C)CNC(=O)CNC(=O)NN. The van der Waals surface area contributed by atoms with Gasteiger partial charge in [-0.2, -0.15) is 0 Å². The molecule has 0 saturated heterocycles. The second kappa shape index (κ2) is 6.24. The number of nitrogens with one attached hydrogen (secondary N) is 3. The van der Waals surface area contributed by atoms with Gasteiger partial charge in [-0.1, -0.05) is 13.8 Å². The summed E-state index contributed by atoms with van der Waals surface area (Å²) in [5.74, 6) is 4.96. The number of urea groups is 1. The summed E-state index contributed by atoms with van der Waals surface area (Å²) in [5, 5.41) is 4.91. The third-order valence-electron chi connectivity index (χ3n) is 1.25. The lowest BCUT2D eigenvalue weighted by Crippen LogP contribution is -2.45. The number of hydrogen-bond acceptors (Lipinski definition) is 3. The number of rotatable bonds is 4. The Balaban J connectivity index is 3.46. The van der Waals surface area contributed by atoms with Crippen molar-refractivity contribution in [2.75, 3.05) is 13.1 Å². The van der Waals surface area contributed by atoms with Crippen molar-refractivity contribution in [3.8, 4) is 0 Å². The average Bonchev–Trinajstić information content (AvgIpc) is 2.10. The summed E-state index contributed by atoms with van der Waals surface area (Å²) < 4.78 is 0. The minimum absolute atomic E-state index is 0.0598. The summed E-state index contributed by atoms with van der Waals surface area (Å²) >= 11 is 0. The Morgan fingerprint density at radius 1 is 1.31 bits per heavy atom. The fourth-order valence-corrected chi connectivity index (χ4v) is 0.592. The van der Waals surface area contributed by atoms with Crippen LogP contribution >= 0.6 is 0 Å². The fourth-order valence-electron chi connectivity index (χ4n) is 0.592. The molecule has 0 fully saturated rings. The molecule has 6 heteroatoms. The molecule has 5 N–H and O–H groups in total. The highest BCUT2D eigenvalue weighted by Gasteiger charge is 2.03. The van der Waals surface area contributed by atoms with Gasteiger partial charge in [0.25, 0.3) is 0 Å². The van der Waals surface area contributed by atoms with E-state index in [1.54, 1.807) is 0 Å². The van der Waals surface area contributed by atoms with Crippen LogP contribution in [0.4, 0.5) is 4.79 Å². The molecule has 0 aromatic rings. The van der Waals surface area contributed by atoms with Gasteiger partial charge in [-0.3, -0.25) is 10.2 Å². The van der Waals surface area contributed by atoms with E-state index in [0.29, 0.717) is 12.5 Å². The first-order valence-corrected chi connectivity index (χ1v) is 4.07. The first-order valence-electron chi connectivity index (χ1n) is 4.07. The molecule has 0 rings (SSSR count). The normalized spacial score (nSPS) is 9.54. The topological polar surface area (TPSA) is 96.2 Å². The van der Waals surface area contributed by atoms with Gasteiger partial charge in [-0.15, -0.1) is 0 Å². The molecule has 0 unspecified atom stereocenters. The Labute approximate surface area is 77.2 Å². The second-order valence-corrected chi connectivity index (χ2v) is 3.02. The van der Waals surface area contributed by atoms with Crippen molar-refractivity contribution in [3.05, 3.63) is 0 Å². The van der Waals surface area contributed by atoms with E-state index in [-0.39, 0.29) is 12.5 Å². The number of carbonyl (C=O) groups excluding carboxylic acids is 2. The summed E-state index contributed by atoms with van der Waals surface area (Å²) in [7, 11) is 0. The zero-order chi connectivity index (χ0) is 10.3. The van der Waals surface area contributed by atoms with Gasteiger partial charge in [0.1, 0.15) is 0 Å². The summed E-state index contributed by atoms with van der Waals surface area (Å²) in [4.78, 5) is 21.5. The van der Waals surface area contributed by atoms with E-state index < -0.39 is 6.03 Å². The van der Waals surface area contributed by atoms with Crippen LogP contribution in [0.25, 0.3) is 0 Å². The van der Waals surface area contributed by atoms with Gasteiger partial charge in [-0.05, 0) is 5.92 Å². The maximum atomic E-state index is 11.0. The van der Waals surface area contributed by atoms with E-state index in [0.717, 1.165) is 0 Å². The molecule has 0 aliphatic rings. The van der Waals surface area contributed by atoms with Gasteiger partial charge in [-0.25, -0.2) is 10.6 Å². The molecule has 0 saturated carbocycles. The number of carbonyl (C=O) groups is 2. The Bertz CT molecular complexity index is 181. The molecule has 6 nitrogen and oxygen atoms in total.